The van der Waals surface area contributed by atoms with Crippen LogP contribution >= 0.6 is 0 Å². The van der Waals surface area contributed by atoms with Crippen LogP contribution in [0.15, 0.2) is 12.2 Å². The summed E-state index contributed by atoms with van der Waals surface area (Å²) < 4.78 is 33.2. The Hall–Kier alpha value is 0.120. The number of hydrogen-bond donors (Lipinski definition) is 1. The van der Waals surface area contributed by atoms with Gasteiger partial charge in [-0.25, -0.2) is 4.79 Å². The Kier molecular flexibility index (Phi) is 8.77. The molecule has 78 valence electrons. The van der Waals surface area contributed by atoms with Crippen LogP contribution in [0, 0.1) is 0 Å². The van der Waals surface area contributed by atoms with Gasteiger partial charge in [0.05, 0.1) is 0 Å². The van der Waals surface area contributed by atoms with Gasteiger partial charge < -0.3 is 4.74 Å². The zero-order valence-corrected chi connectivity index (χ0v) is 8.13. The molecule has 0 aromatic heterocycles. The van der Waals surface area contributed by atoms with E-state index in [0.717, 1.165) is 0 Å². The van der Waals surface area contributed by atoms with Crippen molar-refractivity contribution in [2.75, 3.05) is 12.4 Å². The van der Waals surface area contributed by atoms with Gasteiger partial charge in [0.2, 0.25) is 0 Å². The molecule has 7 heteroatoms. The van der Waals surface area contributed by atoms with Gasteiger partial charge in [-0.1, -0.05) is 13.5 Å². The first-order chi connectivity index (χ1) is 5.87. The molecule has 0 bridgehead atoms. The minimum absolute atomic E-state index is 0. The summed E-state index contributed by atoms with van der Waals surface area (Å²) in [6.45, 7) is 4.78. The van der Waals surface area contributed by atoms with E-state index in [9.17, 15) is 13.2 Å². The van der Waals surface area contributed by atoms with Gasteiger partial charge in [0.25, 0.3) is 10.1 Å². The number of carbonyl (C=O) groups excluding carboxylic acids is 1. The van der Waals surface area contributed by atoms with E-state index in [1.54, 1.807) is 6.92 Å². The molecule has 0 aromatic carbocycles. The predicted molar refractivity (Wildman–Crippen MR) is 54.0 cm³/mol. The third-order valence-electron chi connectivity index (χ3n) is 1.29. The quantitative estimate of drug-likeness (QED) is 0.305. The molecule has 0 atom stereocenters. The van der Waals surface area contributed by atoms with E-state index in [4.69, 9.17) is 4.55 Å². The van der Waals surface area contributed by atoms with Crippen LogP contribution in [0.25, 0.3) is 0 Å². The average Bonchev–Trinajstić information content (AvgIpc) is 2.00. The number of hydrogen-bond acceptors (Lipinski definition) is 4. The monoisotopic (exact) mass is 232 g/mol. The van der Waals surface area contributed by atoms with Crippen LogP contribution in [0.2, 0.25) is 0 Å². The van der Waals surface area contributed by atoms with Crippen molar-refractivity contribution in [2.45, 2.75) is 13.3 Å². The molecule has 0 unspecified atom stereocenters. The first-order valence-electron chi connectivity index (χ1n) is 3.67. The molecule has 0 radical (unpaired) electrons. The van der Waals surface area contributed by atoms with Crippen LogP contribution in [0.1, 0.15) is 13.3 Å². The molecule has 14 heavy (non-hydrogen) atoms. The van der Waals surface area contributed by atoms with Crippen LogP contribution in [-0.2, 0) is 19.6 Å². The van der Waals surface area contributed by atoms with Gasteiger partial charge in [-0.05, 0) is 6.42 Å². The van der Waals surface area contributed by atoms with E-state index in [0.29, 0.717) is 6.42 Å². The van der Waals surface area contributed by atoms with Crippen molar-refractivity contribution in [3.05, 3.63) is 12.2 Å². The van der Waals surface area contributed by atoms with E-state index in [2.05, 4.69) is 11.3 Å². The Morgan fingerprint density at radius 2 is 2.00 bits per heavy atom. The molecule has 0 aliphatic carbocycles. The van der Waals surface area contributed by atoms with E-state index in [1.165, 1.54) is 0 Å². The molecular weight excluding hydrogens is 219 g/mol. The zero-order chi connectivity index (χ0) is 10.5. The topological polar surface area (TPSA) is 80.7 Å². The summed E-state index contributed by atoms with van der Waals surface area (Å²) in [5, 5.41) is 0. The molecule has 0 amide bonds. The molecule has 0 spiro atoms. The summed E-state index contributed by atoms with van der Waals surface area (Å²) in [6.07, 6.45) is 0.449. The van der Waals surface area contributed by atoms with Gasteiger partial charge in [0.15, 0.2) is 0 Å². The normalized spacial score (nSPS) is 10.1. The zero-order valence-electron chi connectivity index (χ0n) is 7.32. The van der Waals surface area contributed by atoms with Crippen LogP contribution in [0.3, 0.4) is 0 Å². The van der Waals surface area contributed by atoms with E-state index >= 15 is 0 Å². The molecule has 5 nitrogen and oxygen atoms in total. The third-order valence-corrected chi connectivity index (χ3v) is 1.97. The second-order valence-corrected chi connectivity index (χ2v) is 3.95. The second kappa shape index (κ2) is 7.42. The molecule has 0 fully saturated rings. The summed E-state index contributed by atoms with van der Waals surface area (Å²) in [5.74, 6) is -1.22. The maximum absolute atomic E-state index is 10.9. The van der Waals surface area contributed by atoms with Crippen molar-refractivity contribution in [2.24, 2.45) is 0 Å². The first-order valence-corrected chi connectivity index (χ1v) is 5.27. The first kappa shape index (κ1) is 16.5. The summed E-state index contributed by atoms with van der Waals surface area (Å²) in [6, 6.07) is 0. The fraction of sp³-hybridized carbons (Fsp3) is 0.571. The molecular formula is C7H13NaO5S. The number of rotatable bonds is 5. The molecule has 1 N–H and O–H groups in total. The Morgan fingerprint density at radius 1 is 1.50 bits per heavy atom. The van der Waals surface area contributed by atoms with Crippen molar-refractivity contribution >= 4 is 45.6 Å². The van der Waals surface area contributed by atoms with Gasteiger partial charge in [-0.2, -0.15) is 8.42 Å². The van der Waals surface area contributed by atoms with E-state index < -0.39 is 21.8 Å². The standard InChI is InChI=1S/C7H12O5S.Na.H/c1-3-6(2)7(8)12-4-5-13(9,10)11;;/h2-5H2,1H3,(H,9,10,11);;. The van der Waals surface area contributed by atoms with Crippen LogP contribution in [-0.4, -0.2) is 60.9 Å². The van der Waals surface area contributed by atoms with Crippen LogP contribution < -0.4 is 0 Å². The van der Waals surface area contributed by atoms with Crippen molar-refractivity contribution in [3.8, 4) is 0 Å². The fourth-order valence-corrected chi connectivity index (χ4v) is 0.780. The van der Waals surface area contributed by atoms with E-state index in [-0.39, 0.29) is 41.7 Å². The van der Waals surface area contributed by atoms with Crippen molar-refractivity contribution in [1.29, 1.82) is 0 Å². The average molecular weight is 232 g/mol. The van der Waals surface area contributed by atoms with E-state index in [1.807, 2.05) is 0 Å². The van der Waals surface area contributed by atoms with Gasteiger partial charge in [-0.15, -0.1) is 0 Å². The predicted octanol–water partition coefficient (Wildman–Crippen LogP) is -0.265. The molecule has 0 saturated heterocycles. The maximum atomic E-state index is 10.9. The Balaban J connectivity index is 0. The molecule has 0 rings (SSSR count). The summed E-state index contributed by atoms with van der Waals surface area (Å²) in [7, 11) is -4.06. The van der Waals surface area contributed by atoms with Gasteiger partial charge in [-0.3, -0.25) is 4.55 Å². The molecule has 0 aliphatic heterocycles. The third kappa shape index (κ3) is 8.71. The summed E-state index contributed by atoms with van der Waals surface area (Å²) in [4.78, 5) is 10.9. The number of ether oxygens (including phenoxy) is 1. The summed E-state index contributed by atoms with van der Waals surface area (Å²) >= 11 is 0. The Morgan fingerprint density at radius 3 is 2.36 bits per heavy atom. The number of carbonyl (C=O) groups is 1. The Bertz CT molecular complexity index is 295. The molecule has 0 aliphatic rings. The SMILES string of the molecule is C=C(CC)C(=O)OCCS(=O)(=O)O.[NaH]. The van der Waals surface area contributed by atoms with Gasteiger partial charge in [0.1, 0.15) is 12.4 Å². The molecule has 0 aromatic rings. The van der Waals surface area contributed by atoms with Crippen molar-refractivity contribution in [3.63, 3.8) is 0 Å². The Labute approximate surface area is 106 Å². The van der Waals surface area contributed by atoms with Gasteiger partial charge in [0, 0.05) is 5.57 Å². The minimum atomic E-state index is -4.06. The summed E-state index contributed by atoms with van der Waals surface area (Å²) in [5.41, 5.74) is 0.273. The molecule has 0 saturated carbocycles. The number of esters is 1. The second-order valence-electron chi connectivity index (χ2n) is 2.38. The van der Waals surface area contributed by atoms with Crippen LogP contribution in [0.4, 0.5) is 0 Å². The van der Waals surface area contributed by atoms with Crippen molar-refractivity contribution in [1.82, 2.24) is 0 Å². The van der Waals surface area contributed by atoms with Gasteiger partial charge >= 0.3 is 35.5 Å². The van der Waals surface area contributed by atoms with Crippen molar-refractivity contribution < 1.29 is 22.5 Å². The van der Waals surface area contributed by atoms with Crippen LogP contribution in [0.5, 0.6) is 0 Å². The fourth-order valence-electron chi connectivity index (χ4n) is 0.486. The molecule has 0 heterocycles.